The predicted octanol–water partition coefficient (Wildman–Crippen LogP) is 2.62. The van der Waals surface area contributed by atoms with Crippen LogP contribution in [0.5, 0.6) is 5.75 Å². The average molecular weight is 373 g/mol. The lowest BCUT2D eigenvalue weighted by Gasteiger charge is -2.17. The molecule has 0 aromatic heterocycles. The third-order valence-electron chi connectivity index (χ3n) is 5.33. The minimum absolute atomic E-state index is 0.00538. The van der Waals surface area contributed by atoms with Crippen molar-refractivity contribution in [1.29, 1.82) is 0 Å². The van der Waals surface area contributed by atoms with Crippen molar-refractivity contribution in [2.75, 3.05) is 31.1 Å². The Hall–Kier alpha value is -2.08. The van der Waals surface area contributed by atoms with E-state index in [-0.39, 0.29) is 18.4 Å². The topological polar surface area (TPSA) is 70.7 Å². The fourth-order valence-corrected chi connectivity index (χ4v) is 3.81. The number of benzene rings is 1. The van der Waals surface area contributed by atoms with Crippen LogP contribution in [0.1, 0.15) is 51.4 Å². The van der Waals surface area contributed by atoms with Gasteiger partial charge in [0.2, 0.25) is 5.91 Å². The minimum atomic E-state index is -0.114. The number of rotatable bonds is 8. The van der Waals surface area contributed by atoms with Crippen LogP contribution in [0.2, 0.25) is 0 Å². The number of amides is 2. The van der Waals surface area contributed by atoms with Gasteiger partial charge in [0.05, 0.1) is 0 Å². The monoisotopic (exact) mass is 373 g/mol. The standard InChI is InChI=1S/C21H31N3O3/c25-20(23-14-13-22-17-6-3-1-2-4-7-17)16-27-19-11-9-18(10-12-19)24-15-5-8-21(24)26/h9-12,17,22H,1-8,13-16H2,(H,23,25). The van der Waals surface area contributed by atoms with E-state index >= 15 is 0 Å². The van der Waals surface area contributed by atoms with E-state index in [1.807, 2.05) is 24.3 Å². The highest BCUT2D eigenvalue weighted by atomic mass is 16.5. The number of carbonyl (C=O) groups excluding carboxylic acids is 2. The first-order chi connectivity index (χ1) is 13.2. The second-order valence-corrected chi connectivity index (χ2v) is 7.42. The molecule has 2 aliphatic rings. The summed E-state index contributed by atoms with van der Waals surface area (Å²) in [7, 11) is 0. The first-order valence-electron chi connectivity index (χ1n) is 10.3. The van der Waals surface area contributed by atoms with Gasteiger partial charge in [-0.05, 0) is 43.5 Å². The first-order valence-corrected chi connectivity index (χ1v) is 10.3. The van der Waals surface area contributed by atoms with Crippen molar-refractivity contribution in [3.63, 3.8) is 0 Å². The Bertz CT molecular complexity index is 610. The van der Waals surface area contributed by atoms with E-state index in [9.17, 15) is 9.59 Å². The van der Waals surface area contributed by atoms with Gasteiger partial charge in [-0.2, -0.15) is 0 Å². The molecule has 0 radical (unpaired) electrons. The molecule has 6 nitrogen and oxygen atoms in total. The molecule has 6 heteroatoms. The summed E-state index contributed by atoms with van der Waals surface area (Å²) in [5, 5.41) is 6.43. The number of hydrogen-bond acceptors (Lipinski definition) is 4. The molecular weight excluding hydrogens is 342 g/mol. The second-order valence-electron chi connectivity index (χ2n) is 7.42. The second kappa shape index (κ2) is 10.3. The van der Waals surface area contributed by atoms with Gasteiger partial charge in [-0.25, -0.2) is 0 Å². The van der Waals surface area contributed by atoms with Crippen molar-refractivity contribution in [1.82, 2.24) is 10.6 Å². The summed E-state index contributed by atoms with van der Waals surface area (Å²) in [5.41, 5.74) is 0.888. The zero-order valence-electron chi connectivity index (χ0n) is 16.0. The van der Waals surface area contributed by atoms with Crippen molar-refractivity contribution in [3.8, 4) is 5.75 Å². The van der Waals surface area contributed by atoms with E-state index < -0.39 is 0 Å². The Kier molecular flexibility index (Phi) is 7.51. The number of nitrogens with zero attached hydrogens (tertiary/aromatic N) is 1. The van der Waals surface area contributed by atoms with Crippen molar-refractivity contribution in [3.05, 3.63) is 24.3 Å². The molecule has 1 aromatic carbocycles. The molecule has 2 fully saturated rings. The van der Waals surface area contributed by atoms with Gasteiger partial charge < -0.3 is 20.3 Å². The van der Waals surface area contributed by atoms with Gasteiger partial charge in [0.1, 0.15) is 5.75 Å². The van der Waals surface area contributed by atoms with Crippen molar-refractivity contribution < 1.29 is 14.3 Å². The molecule has 0 spiro atoms. The van der Waals surface area contributed by atoms with E-state index in [1.165, 1.54) is 38.5 Å². The Morgan fingerprint density at radius 1 is 1.04 bits per heavy atom. The third-order valence-corrected chi connectivity index (χ3v) is 5.33. The summed E-state index contributed by atoms with van der Waals surface area (Å²) in [5.74, 6) is 0.689. The van der Waals surface area contributed by atoms with Gasteiger partial charge >= 0.3 is 0 Å². The summed E-state index contributed by atoms with van der Waals surface area (Å²) in [6.45, 7) is 2.20. The van der Waals surface area contributed by atoms with E-state index in [1.54, 1.807) is 4.90 Å². The Morgan fingerprint density at radius 2 is 1.78 bits per heavy atom. The predicted molar refractivity (Wildman–Crippen MR) is 106 cm³/mol. The number of nitrogens with one attached hydrogen (secondary N) is 2. The van der Waals surface area contributed by atoms with Crippen LogP contribution in [0.15, 0.2) is 24.3 Å². The molecular formula is C21H31N3O3. The summed E-state index contributed by atoms with van der Waals surface area (Å²) in [4.78, 5) is 25.5. The molecule has 1 saturated heterocycles. The smallest absolute Gasteiger partial charge is 0.257 e. The molecule has 1 aliphatic carbocycles. The molecule has 3 rings (SSSR count). The molecule has 0 bridgehead atoms. The first kappa shape index (κ1) is 19.7. The molecule has 148 valence electrons. The largest absolute Gasteiger partial charge is 0.484 e. The van der Waals surface area contributed by atoms with Crippen molar-refractivity contribution in [2.45, 2.75) is 57.4 Å². The third kappa shape index (κ3) is 6.24. The lowest BCUT2D eigenvalue weighted by atomic mass is 10.1. The highest BCUT2D eigenvalue weighted by molar-refractivity contribution is 5.95. The highest BCUT2D eigenvalue weighted by Crippen LogP contribution is 2.23. The number of ether oxygens (including phenoxy) is 1. The summed E-state index contributed by atoms with van der Waals surface area (Å²) >= 11 is 0. The van der Waals surface area contributed by atoms with Crippen LogP contribution in [0.3, 0.4) is 0 Å². The van der Waals surface area contributed by atoms with Crippen LogP contribution in [-0.2, 0) is 9.59 Å². The maximum absolute atomic E-state index is 11.9. The van der Waals surface area contributed by atoms with Crippen LogP contribution < -0.4 is 20.3 Å². The summed E-state index contributed by atoms with van der Waals surface area (Å²) in [6.07, 6.45) is 9.33. The zero-order valence-corrected chi connectivity index (χ0v) is 16.0. The highest BCUT2D eigenvalue weighted by Gasteiger charge is 2.21. The van der Waals surface area contributed by atoms with Gasteiger partial charge in [0.25, 0.3) is 5.91 Å². The summed E-state index contributed by atoms with van der Waals surface area (Å²) in [6, 6.07) is 7.95. The molecule has 1 aliphatic heterocycles. The lowest BCUT2D eigenvalue weighted by Crippen LogP contribution is -2.38. The van der Waals surface area contributed by atoms with Crippen molar-refractivity contribution >= 4 is 17.5 Å². The maximum atomic E-state index is 11.9. The Balaban J connectivity index is 1.31. The molecule has 1 heterocycles. The van der Waals surface area contributed by atoms with E-state index in [0.29, 0.717) is 24.8 Å². The Labute approximate surface area is 161 Å². The molecule has 2 N–H and O–H groups in total. The van der Waals surface area contributed by atoms with E-state index in [0.717, 1.165) is 25.2 Å². The number of carbonyl (C=O) groups is 2. The van der Waals surface area contributed by atoms with E-state index in [4.69, 9.17) is 4.74 Å². The Morgan fingerprint density at radius 3 is 2.44 bits per heavy atom. The van der Waals surface area contributed by atoms with Crippen LogP contribution in [0.4, 0.5) is 5.69 Å². The van der Waals surface area contributed by atoms with Crippen LogP contribution in [0, 0.1) is 0 Å². The fourth-order valence-electron chi connectivity index (χ4n) is 3.81. The molecule has 1 saturated carbocycles. The molecule has 1 aromatic rings. The zero-order chi connectivity index (χ0) is 18.9. The summed E-state index contributed by atoms with van der Waals surface area (Å²) < 4.78 is 5.54. The lowest BCUT2D eigenvalue weighted by molar-refractivity contribution is -0.123. The molecule has 0 atom stereocenters. The van der Waals surface area contributed by atoms with E-state index in [2.05, 4.69) is 10.6 Å². The van der Waals surface area contributed by atoms with Gasteiger partial charge in [0.15, 0.2) is 6.61 Å². The normalized spacial score (nSPS) is 18.4. The number of hydrogen-bond donors (Lipinski definition) is 2. The van der Waals surface area contributed by atoms with Crippen LogP contribution in [-0.4, -0.2) is 44.1 Å². The van der Waals surface area contributed by atoms with Gasteiger partial charge in [-0.15, -0.1) is 0 Å². The average Bonchev–Trinajstić information content (AvgIpc) is 2.95. The minimum Gasteiger partial charge on any atom is -0.484 e. The van der Waals surface area contributed by atoms with Gasteiger partial charge in [0, 0.05) is 37.8 Å². The van der Waals surface area contributed by atoms with Crippen LogP contribution >= 0.6 is 0 Å². The van der Waals surface area contributed by atoms with Gasteiger partial charge in [-0.3, -0.25) is 9.59 Å². The molecule has 0 unspecified atom stereocenters. The number of anilines is 1. The van der Waals surface area contributed by atoms with Crippen LogP contribution in [0.25, 0.3) is 0 Å². The maximum Gasteiger partial charge on any atom is 0.257 e. The molecule has 27 heavy (non-hydrogen) atoms. The molecule has 2 amide bonds. The van der Waals surface area contributed by atoms with Crippen molar-refractivity contribution in [2.24, 2.45) is 0 Å². The van der Waals surface area contributed by atoms with Gasteiger partial charge in [-0.1, -0.05) is 25.7 Å². The quantitative estimate of drug-likeness (QED) is 0.543. The fraction of sp³-hybridized carbons (Fsp3) is 0.619. The SMILES string of the molecule is O=C(COc1ccc(N2CCCC2=O)cc1)NCCNC1CCCCCC1.